The quantitative estimate of drug-likeness (QED) is 0.697. The maximum Gasteiger partial charge on any atom is 0.387 e. The number of hydrogen-bond acceptors (Lipinski definition) is 4. The van der Waals surface area contributed by atoms with Crippen molar-refractivity contribution in [1.29, 1.82) is 0 Å². The molecule has 156 valence electrons. The van der Waals surface area contributed by atoms with Crippen molar-refractivity contribution >= 4 is 11.6 Å². The van der Waals surface area contributed by atoms with Gasteiger partial charge >= 0.3 is 6.61 Å². The number of para-hydroxylation sites is 1. The van der Waals surface area contributed by atoms with Gasteiger partial charge in [0.05, 0.1) is 13.2 Å². The van der Waals surface area contributed by atoms with Crippen molar-refractivity contribution in [2.75, 3.05) is 25.6 Å². The number of aryl methyl sites for hydroxylation is 1. The van der Waals surface area contributed by atoms with Gasteiger partial charge in [0.1, 0.15) is 0 Å². The first kappa shape index (κ1) is 21.0. The van der Waals surface area contributed by atoms with E-state index in [1.807, 2.05) is 42.0 Å². The van der Waals surface area contributed by atoms with Gasteiger partial charge in [0, 0.05) is 18.8 Å². The molecule has 0 saturated heterocycles. The maximum absolute atomic E-state index is 13.1. The molecule has 2 aromatic carbocycles. The number of methoxy groups -OCH3 is 1. The van der Waals surface area contributed by atoms with E-state index in [0.29, 0.717) is 13.1 Å². The van der Waals surface area contributed by atoms with Gasteiger partial charge in [-0.15, -0.1) is 0 Å². The van der Waals surface area contributed by atoms with Crippen LogP contribution in [0.15, 0.2) is 42.5 Å². The Kier molecular flexibility index (Phi) is 6.69. The Balaban J connectivity index is 1.72. The summed E-state index contributed by atoms with van der Waals surface area (Å²) in [6.07, 6.45) is 1.91. The number of anilines is 1. The molecule has 1 aliphatic rings. The van der Waals surface area contributed by atoms with Gasteiger partial charge in [0.15, 0.2) is 11.5 Å². The third kappa shape index (κ3) is 4.85. The molecular formula is C22H26F2N2O3. The number of halogens is 2. The van der Waals surface area contributed by atoms with Crippen molar-refractivity contribution in [3.05, 3.63) is 53.6 Å². The number of carbonyl (C=O) groups is 1. The Morgan fingerprint density at radius 3 is 2.69 bits per heavy atom. The first-order valence-electron chi connectivity index (χ1n) is 9.62. The third-order valence-corrected chi connectivity index (χ3v) is 5.27. The Bertz CT molecular complexity index is 860. The molecule has 1 heterocycles. The van der Waals surface area contributed by atoms with Crippen LogP contribution < -0.4 is 14.4 Å². The zero-order valence-electron chi connectivity index (χ0n) is 16.9. The summed E-state index contributed by atoms with van der Waals surface area (Å²) in [7, 11) is 3.24. The number of alkyl halides is 2. The van der Waals surface area contributed by atoms with Gasteiger partial charge in [0.2, 0.25) is 5.91 Å². The number of likely N-dealkylation sites (N-methyl/N-ethyl adjacent to an activating group) is 1. The number of benzene rings is 2. The van der Waals surface area contributed by atoms with E-state index >= 15 is 0 Å². The van der Waals surface area contributed by atoms with Crippen LogP contribution in [0.25, 0.3) is 0 Å². The Morgan fingerprint density at radius 1 is 1.21 bits per heavy atom. The fraction of sp³-hybridized carbons (Fsp3) is 0.409. The van der Waals surface area contributed by atoms with Crippen LogP contribution in [0.3, 0.4) is 0 Å². The molecule has 0 bridgehead atoms. The second kappa shape index (κ2) is 9.22. The summed E-state index contributed by atoms with van der Waals surface area (Å²) in [5.74, 6) is 0.250. The summed E-state index contributed by atoms with van der Waals surface area (Å²) < 4.78 is 34.9. The zero-order chi connectivity index (χ0) is 21.0. The van der Waals surface area contributed by atoms with E-state index in [4.69, 9.17) is 4.74 Å². The van der Waals surface area contributed by atoms with Gasteiger partial charge in [-0.3, -0.25) is 9.69 Å². The summed E-state index contributed by atoms with van der Waals surface area (Å²) in [6, 6.07) is 12.5. The molecule has 0 radical (unpaired) electrons. The lowest BCUT2D eigenvalue weighted by atomic mass is 10.0. The third-order valence-electron chi connectivity index (χ3n) is 5.27. The molecule has 0 aliphatic carbocycles. The molecule has 2 aromatic rings. The van der Waals surface area contributed by atoms with E-state index in [0.717, 1.165) is 24.1 Å². The van der Waals surface area contributed by atoms with E-state index in [-0.39, 0.29) is 23.4 Å². The smallest absolute Gasteiger partial charge is 0.387 e. The summed E-state index contributed by atoms with van der Waals surface area (Å²) >= 11 is 0. The highest BCUT2D eigenvalue weighted by atomic mass is 19.3. The zero-order valence-corrected chi connectivity index (χ0v) is 16.9. The van der Waals surface area contributed by atoms with Crippen LogP contribution in [0.2, 0.25) is 0 Å². The summed E-state index contributed by atoms with van der Waals surface area (Å²) in [5, 5.41) is 0. The van der Waals surface area contributed by atoms with E-state index in [1.54, 1.807) is 12.1 Å². The van der Waals surface area contributed by atoms with Crippen LogP contribution >= 0.6 is 0 Å². The minimum atomic E-state index is -2.93. The van der Waals surface area contributed by atoms with Crippen LogP contribution in [0.4, 0.5) is 14.5 Å². The molecule has 0 fully saturated rings. The monoisotopic (exact) mass is 404 g/mol. The first-order valence-corrected chi connectivity index (χ1v) is 9.62. The lowest BCUT2D eigenvalue weighted by molar-refractivity contribution is -0.123. The number of fused-ring (bicyclic) bond motifs is 1. The van der Waals surface area contributed by atoms with Gasteiger partial charge in [-0.1, -0.05) is 24.3 Å². The summed E-state index contributed by atoms with van der Waals surface area (Å²) in [6.45, 7) is 0.0331. The highest BCUT2D eigenvalue weighted by Gasteiger charge is 2.28. The Labute approximate surface area is 169 Å². The molecule has 0 saturated carbocycles. The van der Waals surface area contributed by atoms with Gasteiger partial charge in [0.25, 0.3) is 0 Å². The first-order chi connectivity index (χ1) is 13.9. The van der Waals surface area contributed by atoms with E-state index in [1.165, 1.54) is 18.7 Å². The molecule has 5 nitrogen and oxygen atoms in total. The minimum Gasteiger partial charge on any atom is -0.493 e. The molecule has 3 rings (SSSR count). The Hall–Kier alpha value is -2.67. The SMILES string of the molecule is COc1ccc(CN(C)C(C)C(=O)N2CCCc3ccccc32)cc1OC(F)F. The largest absolute Gasteiger partial charge is 0.493 e. The standard InChI is InChI=1S/C22H26F2N2O3/c1-15(21(27)26-12-6-8-17-7-4-5-9-18(17)26)25(2)14-16-10-11-19(28-3)20(13-16)29-22(23)24/h4-5,7,9-11,13,15,22H,6,8,12,14H2,1-3H3. The molecule has 29 heavy (non-hydrogen) atoms. The van der Waals surface area contributed by atoms with Gasteiger partial charge in [-0.25, -0.2) is 0 Å². The average Bonchev–Trinajstić information content (AvgIpc) is 2.72. The van der Waals surface area contributed by atoms with Gasteiger partial charge in [-0.05, 0) is 56.1 Å². The normalized spacial score (nSPS) is 14.7. The predicted molar refractivity (Wildman–Crippen MR) is 108 cm³/mol. The molecular weight excluding hydrogens is 378 g/mol. The highest BCUT2D eigenvalue weighted by Crippen LogP contribution is 2.31. The second-order valence-electron chi connectivity index (χ2n) is 7.18. The number of ether oxygens (including phenoxy) is 2. The summed E-state index contributed by atoms with van der Waals surface area (Å²) in [4.78, 5) is 16.9. The van der Waals surface area contributed by atoms with Crippen molar-refractivity contribution < 1.29 is 23.0 Å². The van der Waals surface area contributed by atoms with Crippen molar-refractivity contribution in [2.45, 2.75) is 39.0 Å². The van der Waals surface area contributed by atoms with Crippen molar-refractivity contribution in [2.24, 2.45) is 0 Å². The molecule has 1 atom stereocenters. The molecule has 1 amide bonds. The number of hydrogen-bond donors (Lipinski definition) is 0. The number of carbonyl (C=O) groups excluding carboxylic acids is 1. The van der Waals surface area contributed by atoms with Gasteiger partial charge in [-0.2, -0.15) is 8.78 Å². The highest BCUT2D eigenvalue weighted by molar-refractivity contribution is 5.98. The van der Waals surface area contributed by atoms with E-state index in [2.05, 4.69) is 10.8 Å². The topological polar surface area (TPSA) is 42.0 Å². The number of nitrogens with zero attached hydrogens (tertiary/aromatic N) is 2. The molecule has 1 unspecified atom stereocenters. The molecule has 1 aliphatic heterocycles. The fourth-order valence-electron chi connectivity index (χ4n) is 3.61. The summed E-state index contributed by atoms with van der Waals surface area (Å²) in [5.41, 5.74) is 2.91. The van der Waals surface area contributed by atoms with Crippen LogP contribution in [0.1, 0.15) is 24.5 Å². The van der Waals surface area contributed by atoms with Crippen LogP contribution in [0.5, 0.6) is 11.5 Å². The van der Waals surface area contributed by atoms with Crippen LogP contribution in [-0.2, 0) is 17.8 Å². The van der Waals surface area contributed by atoms with Crippen LogP contribution in [0, 0.1) is 0 Å². The van der Waals surface area contributed by atoms with Crippen molar-refractivity contribution in [3.63, 3.8) is 0 Å². The maximum atomic E-state index is 13.1. The lowest BCUT2D eigenvalue weighted by Gasteiger charge is -2.34. The fourth-order valence-corrected chi connectivity index (χ4v) is 3.61. The van der Waals surface area contributed by atoms with Gasteiger partial charge < -0.3 is 14.4 Å². The molecule has 0 spiro atoms. The second-order valence-corrected chi connectivity index (χ2v) is 7.18. The predicted octanol–water partition coefficient (Wildman–Crippen LogP) is 4.10. The van der Waals surface area contributed by atoms with E-state index < -0.39 is 6.61 Å². The number of amides is 1. The molecule has 0 aromatic heterocycles. The van der Waals surface area contributed by atoms with Crippen molar-refractivity contribution in [1.82, 2.24) is 4.90 Å². The average molecular weight is 404 g/mol. The lowest BCUT2D eigenvalue weighted by Crippen LogP contribution is -2.47. The van der Waals surface area contributed by atoms with Crippen LogP contribution in [-0.4, -0.2) is 44.2 Å². The van der Waals surface area contributed by atoms with E-state index in [9.17, 15) is 13.6 Å². The minimum absolute atomic E-state index is 0.0164. The Morgan fingerprint density at radius 2 is 1.97 bits per heavy atom. The molecule has 7 heteroatoms. The molecule has 0 N–H and O–H groups in total. The number of rotatable bonds is 7. The van der Waals surface area contributed by atoms with Crippen molar-refractivity contribution in [3.8, 4) is 11.5 Å².